The van der Waals surface area contributed by atoms with Crippen LogP contribution in [0.4, 0.5) is 17.6 Å². The fourth-order valence-electron chi connectivity index (χ4n) is 4.62. The molecule has 2 aromatic heterocycles. The molecule has 0 bridgehead atoms. The lowest BCUT2D eigenvalue weighted by Crippen LogP contribution is -2.48. The van der Waals surface area contributed by atoms with Crippen molar-refractivity contribution >= 4 is 5.91 Å². The topological polar surface area (TPSA) is 63.9 Å². The van der Waals surface area contributed by atoms with Crippen molar-refractivity contribution in [3.05, 3.63) is 71.1 Å². The van der Waals surface area contributed by atoms with Gasteiger partial charge in [0.05, 0.1) is 23.5 Å². The molecular weight excluding hydrogens is 450 g/mol. The molecule has 180 valence electrons. The molecule has 0 saturated carbocycles. The van der Waals surface area contributed by atoms with Gasteiger partial charge >= 0.3 is 6.18 Å². The number of hydrogen-bond donors (Lipinski definition) is 0. The third kappa shape index (κ3) is 4.95. The summed E-state index contributed by atoms with van der Waals surface area (Å²) in [6.45, 7) is 4.28. The number of carbonyl (C=O) groups excluding carboxylic acids is 1. The number of hydrogen-bond acceptors (Lipinski definition) is 4. The quantitative estimate of drug-likeness (QED) is 0.487. The number of likely N-dealkylation sites (tertiary alicyclic amines) is 1. The van der Waals surface area contributed by atoms with Gasteiger partial charge in [-0.2, -0.15) is 28.2 Å². The minimum absolute atomic E-state index is 0.131. The van der Waals surface area contributed by atoms with Crippen LogP contribution in [0.2, 0.25) is 0 Å². The van der Waals surface area contributed by atoms with Crippen molar-refractivity contribution in [3.63, 3.8) is 0 Å². The molecule has 1 aromatic carbocycles. The first kappa shape index (κ1) is 23.8. The van der Waals surface area contributed by atoms with Crippen LogP contribution >= 0.6 is 0 Å². The predicted octanol–water partition coefficient (Wildman–Crippen LogP) is 5.00. The van der Waals surface area contributed by atoms with E-state index in [0.717, 1.165) is 25.1 Å². The van der Waals surface area contributed by atoms with Crippen molar-refractivity contribution in [3.8, 4) is 5.69 Å². The lowest BCUT2D eigenvalue weighted by molar-refractivity contribution is -0.137. The van der Waals surface area contributed by atoms with Crippen molar-refractivity contribution in [2.75, 3.05) is 6.54 Å². The Morgan fingerprint density at radius 3 is 2.56 bits per heavy atom. The van der Waals surface area contributed by atoms with Gasteiger partial charge in [-0.05, 0) is 62.3 Å². The maximum absolute atomic E-state index is 14.2. The van der Waals surface area contributed by atoms with E-state index in [1.165, 1.54) is 35.4 Å². The fourth-order valence-corrected chi connectivity index (χ4v) is 4.62. The lowest BCUT2D eigenvalue weighted by Gasteiger charge is -2.40. The largest absolute Gasteiger partial charge is 0.417 e. The van der Waals surface area contributed by atoms with Gasteiger partial charge in [0.1, 0.15) is 11.5 Å². The van der Waals surface area contributed by atoms with E-state index in [4.69, 9.17) is 0 Å². The zero-order valence-corrected chi connectivity index (χ0v) is 18.9. The van der Waals surface area contributed by atoms with E-state index in [9.17, 15) is 22.4 Å². The Labute approximate surface area is 194 Å². The van der Waals surface area contributed by atoms with E-state index in [2.05, 4.69) is 22.1 Å². The number of aryl methyl sites for hydroxylation is 2. The van der Waals surface area contributed by atoms with Crippen molar-refractivity contribution in [2.45, 2.75) is 51.7 Å². The highest BCUT2D eigenvalue weighted by Gasteiger charge is 2.35. The number of rotatable bonds is 5. The minimum atomic E-state index is -4.43. The summed E-state index contributed by atoms with van der Waals surface area (Å²) in [7, 11) is 0. The Morgan fingerprint density at radius 1 is 1.18 bits per heavy atom. The SMILES string of the molecule is Cc1cc(F)cc(-n2nccn2)c1C(=O)N1CCC[C@@H](C)[C@H]1CCc1ccc(C(F)(F)F)cn1. The summed E-state index contributed by atoms with van der Waals surface area (Å²) in [6, 6.07) is 4.84. The van der Waals surface area contributed by atoms with Crippen LogP contribution in [0.25, 0.3) is 5.69 Å². The van der Waals surface area contributed by atoms with Gasteiger partial charge in [-0.3, -0.25) is 9.78 Å². The Morgan fingerprint density at radius 2 is 1.91 bits per heavy atom. The van der Waals surface area contributed by atoms with Gasteiger partial charge in [0.2, 0.25) is 0 Å². The number of benzene rings is 1. The molecule has 0 aliphatic carbocycles. The van der Waals surface area contributed by atoms with Crippen LogP contribution in [0, 0.1) is 18.7 Å². The highest BCUT2D eigenvalue weighted by atomic mass is 19.4. The number of piperidine rings is 1. The van der Waals surface area contributed by atoms with Crippen LogP contribution in [0.1, 0.15) is 53.4 Å². The lowest BCUT2D eigenvalue weighted by atomic mass is 9.86. The molecule has 1 aliphatic rings. The van der Waals surface area contributed by atoms with Gasteiger partial charge in [-0.25, -0.2) is 4.39 Å². The molecule has 1 fully saturated rings. The van der Waals surface area contributed by atoms with E-state index in [0.29, 0.717) is 36.2 Å². The molecule has 0 spiro atoms. The predicted molar refractivity (Wildman–Crippen MR) is 117 cm³/mol. The third-order valence-electron chi connectivity index (χ3n) is 6.35. The highest BCUT2D eigenvalue weighted by Crippen LogP contribution is 2.31. The number of amides is 1. The summed E-state index contributed by atoms with van der Waals surface area (Å²) >= 11 is 0. The van der Waals surface area contributed by atoms with Gasteiger partial charge in [0.25, 0.3) is 5.91 Å². The number of halogens is 4. The first-order chi connectivity index (χ1) is 16.1. The van der Waals surface area contributed by atoms with Crippen molar-refractivity contribution < 1.29 is 22.4 Å². The van der Waals surface area contributed by atoms with E-state index in [-0.39, 0.29) is 23.6 Å². The maximum Gasteiger partial charge on any atom is 0.417 e. The summed E-state index contributed by atoms with van der Waals surface area (Å²) in [5.41, 5.74) is 0.847. The highest BCUT2D eigenvalue weighted by molar-refractivity contribution is 5.99. The van der Waals surface area contributed by atoms with Crippen LogP contribution in [-0.2, 0) is 12.6 Å². The Balaban J connectivity index is 1.59. The van der Waals surface area contributed by atoms with Crippen LogP contribution in [0.5, 0.6) is 0 Å². The molecular formula is C24H25F4N5O. The van der Waals surface area contributed by atoms with E-state index < -0.39 is 17.6 Å². The summed E-state index contributed by atoms with van der Waals surface area (Å²) in [5, 5.41) is 8.14. The molecule has 1 aliphatic heterocycles. The Hall–Kier alpha value is -3.30. The molecule has 6 nitrogen and oxygen atoms in total. The molecule has 10 heteroatoms. The molecule has 3 heterocycles. The Kier molecular flexibility index (Phi) is 6.67. The maximum atomic E-state index is 14.2. The molecule has 0 N–H and O–H groups in total. The standard InChI is InChI=1S/C24H25F4N5O/c1-15-4-3-11-32(20(15)8-7-19-6-5-17(14-29-19)24(26,27)28)23(34)22-16(2)12-18(25)13-21(22)33-30-9-10-31-33/h5-6,9-10,12-15,20H,3-4,7-8,11H2,1-2H3/t15-,20-/m1/s1. The smallest absolute Gasteiger partial charge is 0.335 e. The van der Waals surface area contributed by atoms with E-state index in [1.807, 2.05) is 0 Å². The second-order valence-electron chi connectivity index (χ2n) is 8.70. The second-order valence-corrected chi connectivity index (χ2v) is 8.70. The number of alkyl halides is 3. The Bertz CT molecular complexity index is 1150. The first-order valence-electron chi connectivity index (χ1n) is 11.1. The molecule has 1 amide bonds. The monoisotopic (exact) mass is 475 g/mol. The molecule has 0 unspecified atom stereocenters. The molecule has 3 aromatic rings. The van der Waals surface area contributed by atoms with Gasteiger partial charge < -0.3 is 4.90 Å². The first-order valence-corrected chi connectivity index (χ1v) is 11.1. The van der Waals surface area contributed by atoms with Crippen LogP contribution in [0.15, 0.2) is 42.9 Å². The van der Waals surface area contributed by atoms with Gasteiger partial charge in [-0.1, -0.05) is 6.92 Å². The summed E-state index contributed by atoms with van der Waals surface area (Å²) in [6.07, 6.45) is 2.08. The zero-order valence-electron chi connectivity index (χ0n) is 18.9. The zero-order chi connectivity index (χ0) is 24.5. The van der Waals surface area contributed by atoms with Crippen molar-refractivity contribution in [1.29, 1.82) is 0 Å². The normalized spacial score (nSPS) is 18.8. The molecule has 34 heavy (non-hydrogen) atoms. The third-order valence-corrected chi connectivity index (χ3v) is 6.35. The van der Waals surface area contributed by atoms with Crippen LogP contribution < -0.4 is 0 Å². The number of pyridine rings is 1. The van der Waals surface area contributed by atoms with Gasteiger partial charge in [0, 0.05) is 30.5 Å². The number of nitrogens with zero attached hydrogens (tertiary/aromatic N) is 5. The molecule has 4 rings (SSSR count). The van der Waals surface area contributed by atoms with E-state index in [1.54, 1.807) is 11.8 Å². The second kappa shape index (κ2) is 9.52. The number of aromatic nitrogens is 4. The van der Waals surface area contributed by atoms with Crippen LogP contribution in [0.3, 0.4) is 0 Å². The average Bonchev–Trinajstić information content (AvgIpc) is 3.32. The summed E-state index contributed by atoms with van der Waals surface area (Å²) in [5.74, 6) is -0.529. The molecule has 1 saturated heterocycles. The van der Waals surface area contributed by atoms with Gasteiger partial charge in [0.15, 0.2) is 0 Å². The summed E-state index contributed by atoms with van der Waals surface area (Å²) < 4.78 is 52.7. The number of carbonyl (C=O) groups is 1. The molecule has 2 atom stereocenters. The van der Waals surface area contributed by atoms with Crippen molar-refractivity contribution in [1.82, 2.24) is 24.9 Å². The minimum Gasteiger partial charge on any atom is -0.335 e. The van der Waals surface area contributed by atoms with E-state index >= 15 is 0 Å². The molecule has 0 radical (unpaired) electrons. The van der Waals surface area contributed by atoms with Crippen molar-refractivity contribution in [2.24, 2.45) is 5.92 Å². The van der Waals surface area contributed by atoms with Crippen LogP contribution in [-0.4, -0.2) is 43.4 Å². The fraction of sp³-hybridized carbons (Fsp3) is 0.417. The summed E-state index contributed by atoms with van der Waals surface area (Å²) in [4.78, 5) is 20.8. The average molecular weight is 475 g/mol. The van der Waals surface area contributed by atoms with Gasteiger partial charge in [-0.15, -0.1) is 0 Å².